The van der Waals surface area contributed by atoms with Crippen LogP contribution in [0.5, 0.6) is 0 Å². The molecule has 0 atom stereocenters. The van der Waals surface area contributed by atoms with Gasteiger partial charge in [-0.2, -0.15) is 0 Å². The Labute approximate surface area is 117 Å². The molecule has 2 aromatic rings. The van der Waals surface area contributed by atoms with E-state index in [9.17, 15) is 0 Å². The molecule has 0 N–H and O–H groups in total. The van der Waals surface area contributed by atoms with Crippen LogP contribution in [0.1, 0.15) is 11.1 Å². The highest BCUT2D eigenvalue weighted by atomic mass is 32.1. The summed E-state index contributed by atoms with van der Waals surface area (Å²) in [5, 5.41) is 2.64. The Morgan fingerprint density at radius 3 is 2.68 bits per heavy atom. The van der Waals surface area contributed by atoms with Gasteiger partial charge in [0.25, 0.3) is 0 Å². The highest BCUT2D eigenvalue weighted by Crippen LogP contribution is 2.18. The molecule has 0 saturated heterocycles. The van der Waals surface area contributed by atoms with Crippen molar-refractivity contribution in [2.45, 2.75) is 13.8 Å². The Hall–Kier alpha value is -2.01. The third kappa shape index (κ3) is 3.99. The van der Waals surface area contributed by atoms with Gasteiger partial charge in [0.1, 0.15) is 0 Å². The summed E-state index contributed by atoms with van der Waals surface area (Å²) in [5.41, 5.74) is 3.39. The maximum Gasteiger partial charge on any atom is 0.210 e. The summed E-state index contributed by atoms with van der Waals surface area (Å²) in [4.78, 5) is 14.6. The van der Waals surface area contributed by atoms with Crippen molar-refractivity contribution in [3.63, 3.8) is 0 Å². The molecular weight excluding hydrogens is 256 g/mol. The largest absolute Gasteiger partial charge is 0.326 e. The van der Waals surface area contributed by atoms with Crippen LogP contribution in [0.3, 0.4) is 0 Å². The predicted molar refractivity (Wildman–Crippen MR) is 82.1 cm³/mol. The summed E-state index contributed by atoms with van der Waals surface area (Å²) in [7, 11) is 1.89. The van der Waals surface area contributed by atoms with Crippen molar-refractivity contribution in [1.29, 1.82) is 0 Å². The minimum absolute atomic E-state index is 0.742. The van der Waals surface area contributed by atoms with Crippen LogP contribution in [-0.2, 0) is 0 Å². The second-order valence-electron chi connectivity index (χ2n) is 4.26. The number of nitrogens with zero attached hydrogens (tertiary/aromatic N) is 4. The molecule has 0 saturated carbocycles. The summed E-state index contributed by atoms with van der Waals surface area (Å²) in [5.74, 6) is 0. The van der Waals surface area contributed by atoms with E-state index in [1.165, 1.54) is 22.5 Å². The van der Waals surface area contributed by atoms with Gasteiger partial charge in [0.2, 0.25) is 5.13 Å². The number of hydrogen-bond donors (Lipinski definition) is 0. The molecule has 0 bridgehead atoms. The highest BCUT2D eigenvalue weighted by molar-refractivity contribution is 7.13. The first-order valence-corrected chi connectivity index (χ1v) is 6.80. The van der Waals surface area contributed by atoms with Crippen LogP contribution in [0.4, 0.5) is 10.8 Å². The van der Waals surface area contributed by atoms with Crippen molar-refractivity contribution in [2.24, 2.45) is 9.98 Å². The van der Waals surface area contributed by atoms with Crippen LogP contribution in [0.25, 0.3) is 0 Å². The topological polar surface area (TPSA) is 40.9 Å². The van der Waals surface area contributed by atoms with E-state index < -0.39 is 0 Å². The molecule has 0 unspecified atom stereocenters. The van der Waals surface area contributed by atoms with Crippen molar-refractivity contribution in [3.8, 4) is 0 Å². The van der Waals surface area contributed by atoms with Crippen LogP contribution in [0.15, 0.2) is 39.8 Å². The van der Waals surface area contributed by atoms with Crippen LogP contribution in [0.2, 0.25) is 0 Å². The van der Waals surface area contributed by atoms with E-state index in [0.29, 0.717) is 0 Å². The fraction of sp³-hybridized carbons (Fsp3) is 0.214. The van der Waals surface area contributed by atoms with Crippen molar-refractivity contribution in [1.82, 2.24) is 9.88 Å². The molecule has 0 aliphatic heterocycles. The number of benzene rings is 1. The zero-order valence-corrected chi connectivity index (χ0v) is 12.1. The molecule has 1 aromatic carbocycles. The van der Waals surface area contributed by atoms with Gasteiger partial charge >= 0.3 is 0 Å². The number of hydrogen-bond acceptors (Lipinski definition) is 4. The lowest BCUT2D eigenvalue weighted by atomic mass is 10.1. The standard InChI is InChI=1S/C14H16N4S/c1-11-4-5-13(12(2)8-11)16-9-18(3)10-17-14-15-6-7-19-14/h4-10H,1-3H3. The summed E-state index contributed by atoms with van der Waals surface area (Å²) < 4.78 is 0. The van der Waals surface area contributed by atoms with Gasteiger partial charge in [0.05, 0.1) is 18.4 Å². The molecule has 2 rings (SSSR count). The first kappa shape index (κ1) is 13.4. The van der Waals surface area contributed by atoms with Gasteiger partial charge in [-0.25, -0.2) is 15.0 Å². The minimum Gasteiger partial charge on any atom is -0.326 e. The van der Waals surface area contributed by atoms with Crippen LogP contribution in [-0.4, -0.2) is 29.6 Å². The monoisotopic (exact) mass is 272 g/mol. The van der Waals surface area contributed by atoms with Crippen molar-refractivity contribution in [2.75, 3.05) is 7.05 Å². The molecule has 1 aromatic heterocycles. The van der Waals surface area contributed by atoms with Gasteiger partial charge in [0.15, 0.2) is 0 Å². The lowest BCUT2D eigenvalue weighted by Gasteiger charge is -2.05. The first-order chi connectivity index (χ1) is 9.15. The maximum absolute atomic E-state index is 4.44. The Balaban J connectivity index is 2.01. The lowest BCUT2D eigenvalue weighted by Crippen LogP contribution is -2.12. The maximum atomic E-state index is 4.44. The van der Waals surface area contributed by atoms with Crippen LogP contribution < -0.4 is 0 Å². The van der Waals surface area contributed by atoms with Gasteiger partial charge < -0.3 is 4.90 Å². The van der Waals surface area contributed by atoms with E-state index in [-0.39, 0.29) is 0 Å². The Bertz CT molecular complexity index is 587. The Morgan fingerprint density at radius 2 is 2.00 bits per heavy atom. The van der Waals surface area contributed by atoms with E-state index in [1.54, 1.807) is 23.8 Å². The average molecular weight is 272 g/mol. The molecule has 0 fully saturated rings. The van der Waals surface area contributed by atoms with Gasteiger partial charge in [-0.1, -0.05) is 17.7 Å². The molecule has 0 spiro atoms. The number of aryl methyl sites for hydroxylation is 2. The van der Waals surface area contributed by atoms with Gasteiger partial charge in [0, 0.05) is 18.6 Å². The molecule has 4 nitrogen and oxygen atoms in total. The molecule has 0 radical (unpaired) electrons. The Kier molecular flexibility index (Phi) is 4.41. The van der Waals surface area contributed by atoms with Crippen molar-refractivity contribution >= 4 is 34.8 Å². The minimum atomic E-state index is 0.742. The molecule has 0 aliphatic carbocycles. The van der Waals surface area contributed by atoms with E-state index in [0.717, 1.165) is 10.8 Å². The van der Waals surface area contributed by atoms with Crippen LogP contribution in [0, 0.1) is 13.8 Å². The molecule has 19 heavy (non-hydrogen) atoms. The molecule has 0 amide bonds. The lowest BCUT2D eigenvalue weighted by molar-refractivity contribution is 0.801. The van der Waals surface area contributed by atoms with Gasteiger partial charge in [-0.05, 0) is 25.5 Å². The normalized spacial score (nSPS) is 11.5. The van der Waals surface area contributed by atoms with Crippen molar-refractivity contribution < 1.29 is 0 Å². The fourth-order valence-corrected chi connectivity index (χ4v) is 2.03. The fourth-order valence-electron chi connectivity index (χ4n) is 1.55. The molecule has 1 heterocycles. The molecule has 5 heteroatoms. The molecule has 98 valence electrons. The van der Waals surface area contributed by atoms with E-state index in [2.05, 4.69) is 40.9 Å². The second-order valence-corrected chi connectivity index (χ2v) is 5.13. The number of aromatic nitrogens is 1. The zero-order chi connectivity index (χ0) is 13.7. The molecule has 0 aliphatic rings. The van der Waals surface area contributed by atoms with E-state index in [4.69, 9.17) is 0 Å². The molecular formula is C14H16N4S. The highest BCUT2D eigenvalue weighted by Gasteiger charge is 1.96. The number of thiazole rings is 1. The quantitative estimate of drug-likeness (QED) is 0.629. The van der Waals surface area contributed by atoms with Crippen molar-refractivity contribution in [3.05, 3.63) is 40.9 Å². The summed E-state index contributed by atoms with van der Waals surface area (Å²) >= 11 is 1.50. The van der Waals surface area contributed by atoms with Gasteiger partial charge in [-0.15, -0.1) is 11.3 Å². The second kappa shape index (κ2) is 6.24. The number of aliphatic imine (C=N–C) groups is 2. The van der Waals surface area contributed by atoms with E-state index >= 15 is 0 Å². The van der Waals surface area contributed by atoms with Gasteiger partial charge in [-0.3, -0.25) is 0 Å². The van der Waals surface area contributed by atoms with Crippen LogP contribution >= 0.6 is 11.3 Å². The SMILES string of the molecule is Cc1ccc(N=CN(C)C=Nc2nccs2)c(C)c1. The first-order valence-electron chi connectivity index (χ1n) is 5.92. The third-order valence-corrected chi connectivity index (χ3v) is 3.18. The summed E-state index contributed by atoms with van der Waals surface area (Å²) in [6, 6.07) is 6.20. The van der Waals surface area contributed by atoms with E-state index in [1.807, 2.05) is 18.5 Å². The summed E-state index contributed by atoms with van der Waals surface area (Å²) in [6.07, 6.45) is 5.18. The number of rotatable bonds is 4. The third-order valence-electron chi connectivity index (χ3n) is 2.50. The predicted octanol–water partition coefficient (Wildman–Crippen LogP) is 3.71. The smallest absolute Gasteiger partial charge is 0.210 e. The zero-order valence-electron chi connectivity index (χ0n) is 11.2. The Morgan fingerprint density at radius 1 is 1.21 bits per heavy atom. The summed E-state index contributed by atoms with van der Waals surface area (Å²) in [6.45, 7) is 4.14. The average Bonchev–Trinajstić information content (AvgIpc) is 2.88.